The minimum atomic E-state index is -0.833. The molecule has 0 aliphatic heterocycles. The lowest BCUT2D eigenvalue weighted by molar-refractivity contribution is -0.264. The minimum absolute atomic E-state index is 0.361. The highest BCUT2D eigenvalue weighted by Crippen LogP contribution is 1.79. The van der Waals surface area contributed by atoms with Gasteiger partial charge in [-0.25, -0.2) is 9.59 Å². The van der Waals surface area contributed by atoms with E-state index in [1.807, 2.05) is 0 Å². The average molecular weight is 204 g/mol. The molecule has 0 atom stereocenters. The van der Waals surface area contributed by atoms with E-state index in [9.17, 15) is 4.79 Å². The van der Waals surface area contributed by atoms with Crippen LogP contribution in [0, 0.1) is 0 Å². The van der Waals surface area contributed by atoms with E-state index >= 15 is 0 Å². The van der Waals surface area contributed by atoms with Crippen LogP contribution < -0.4 is 11.5 Å². The van der Waals surface area contributed by atoms with Crippen LogP contribution in [0.3, 0.4) is 0 Å². The first-order valence-electron chi connectivity index (χ1n) is 3.55. The third-order valence-corrected chi connectivity index (χ3v) is 0.426. The zero-order valence-electron chi connectivity index (χ0n) is 8.19. The summed E-state index contributed by atoms with van der Waals surface area (Å²) >= 11 is 0. The summed E-state index contributed by atoms with van der Waals surface area (Å²) in [6.45, 7) is 11.2. The molecule has 0 unspecified atom stereocenters. The number of hydrogen-bond donors (Lipinski definition) is 2. The van der Waals surface area contributed by atoms with Crippen LogP contribution in [0.5, 0.6) is 0 Å². The fourth-order valence-corrected chi connectivity index (χ4v) is 0.151. The third-order valence-electron chi connectivity index (χ3n) is 0.426. The Morgan fingerprint density at radius 3 is 1.93 bits per heavy atom. The molecular weight excluding hydrogens is 188 g/mol. The Hall–Kier alpha value is -1.82. The second-order valence-corrected chi connectivity index (χ2v) is 1.42. The summed E-state index contributed by atoms with van der Waals surface area (Å²) in [5.74, 6) is -0.563. The molecule has 0 fully saturated rings. The van der Waals surface area contributed by atoms with Crippen LogP contribution in [0.1, 0.15) is 6.92 Å². The van der Waals surface area contributed by atoms with Gasteiger partial charge in [0.25, 0.3) is 0 Å². The van der Waals surface area contributed by atoms with Crippen molar-refractivity contribution in [3.05, 3.63) is 25.8 Å². The predicted molar refractivity (Wildman–Crippen MR) is 52.9 cm³/mol. The Bertz CT molecular complexity index is 167. The summed E-state index contributed by atoms with van der Waals surface area (Å²) < 4.78 is 0. The van der Waals surface area contributed by atoms with Crippen LogP contribution in [0.2, 0.25) is 0 Å². The molecule has 0 rings (SSSR count). The topological polar surface area (TPSA) is 105 Å². The van der Waals surface area contributed by atoms with Gasteiger partial charge < -0.3 is 11.5 Å². The maximum absolute atomic E-state index is 10.1. The molecule has 4 N–H and O–H groups in total. The molecule has 0 aliphatic rings. The van der Waals surface area contributed by atoms with Crippen LogP contribution >= 0.6 is 0 Å². The maximum atomic E-state index is 10.1. The molecule has 0 radical (unpaired) electrons. The zero-order chi connectivity index (χ0) is 12.0. The Kier molecular flexibility index (Phi) is 22.3. The number of amides is 2. The monoisotopic (exact) mass is 204 g/mol. The van der Waals surface area contributed by atoms with E-state index in [2.05, 4.69) is 41.0 Å². The van der Waals surface area contributed by atoms with Crippen molar-refractivity contribution >= 4 is 12.0 Å². The molecule has 0 saturated heterocycles. The number of primary amides is 2. The lowest BCUT2D eigenvalue weighted by atomic mass is 10.7. The normalized spacial score (nSPS) is 6.64. The molecule has 0 aromatic heterocycles. The molecule has 14 heavy (non-hydrogen) atoms. The summed E-state index contributed by atoms with van der Waals surface area (Å²) in [5.41, 5.74) is 8.50. The second kappa shape index (κ2) is 17.3. The number of rotatable bonds is 3. The predicted octanol–water partition coefficient (Wildman–Crippen LogP) is 0.493. The van der Waals surface area contributed by atoms with Crippen molar-refractivity contribution in [2.45, 2.75) is 6.92 Å². The molecular formula is C8H16N2O4. The fraction of sp³-hybridized carbons (Fsp3) is 0.250. The van der Waals surface area contributed by atoms with Gasteiger partial charge >= 0.3 is 12.0 Å². The third kappa shape index (κ3) is 49.1. The van der Waals surface area contributed by atoms with E-state index in [0.717, 1.165) is 6.08 Å². The number of nitrogens with two attached hydrogens (primary N) is 2. The van der Waals surface area contributed by atoms with Crippen molar-refractivity contribution in [1.82, 2.24) is 0 Å². The highest BCUT2D eigenvalue weighted by atomic mass is 17.2. The van der Waals surface area contributed by atoms with E-state index in [1.165, 1.54) is 0 Å². The van der Waals surface area contributed by atoms with Crippen LogP contribution in [0.15, 0.2) is 25.8 Å². The first-order valence-corrected chi connectivity index (χ1v) is 3.55. The smallest absolute Gasteiger partial charge is 0.352 e. The van der Waals surface area contributed by atoms with E-state index in [1.54, 1.807) is 6.92 Å². The second-order valence-electron chi connectivity index (χ2n) is 1.42. The Labute approximate surface area is 83.1 Å². The molecule has 82 valence electrons. The molecule has 0 heterocycles. The zero-order valence-corrected chi connectivity index (χ0v) is 8.19. The van der Waals surface area contributed by atoms with Gasteiger partial charge in [-0.3, -0.25) is 4.89 Å². The molecule has 0 saturated carbocycles. The van der Waals surface area contributed by atoms with E-state index in [4.69, 9.17) is 4.79 Å². The van der Waals surface area contributed by atoms with E-state index < -0.39 is 12.0 Å². The minimum Gasteiger partial charge on any atom is -0.352 e. The van der Waals surface area contributed by atoms with Gasteiger partial charge in [0.15, 0.2) is 0 Å². The van der Waals surface area contributed by atoms with Crippen molar-refractivity contribution in [2.24, 2.45) is 11.5 Å². The Balaban J connectivity index is -0.000000170. The number of hydrogen-bond acceptors (Lipinski definition) is 4. The lowest BCUT2D eigenvalue weighted by Crippen LogP contribution is -2.18. The van der Waals surface area contributed by atoms with Gasteiger partial charge in [-0.2, -0.15) is 4.89 Å². The van der Waals surface area contributed by atoms with Crippen LogP contribution in [-0.2, 0) is 14.6 Å². The van der Waals surface area contributed by atoms with Gasteiger partial charge in [0, 0.05) is 6.08 Å². The van der Waals surface area contributed by atoms with Gasteiger partial charge in [-0.1, -0.05) is 6.58 Å². The van der Waals surface area contributed by atoms with Crippen molar-refractivity contribution in [3.8, 4) is 0 Å². The van der Waals surface area contributed by atoms with Gasteiger partial charge in [0.05, 0.1) is 6.61 Å². The molecule has 0 spiro atoms. The number of carbonyl (C=O) groups is 2. The lowest BCUT2D eigenvalue weighted by Gasteiger charge is -1.93. The van der Waals surface area contributed by atoms with E-state index in [0.29, 0.717) is 6.61 Å². The standard InChI is InChI=1S/C5H8O3.C2H4.CH4N2O/c1-3-5(6)8-7-4-2;1-2;2-1(3)4/h3H,1,4H2,2H3;1-2H2;(H4,2,3,4). The molecule has 2 amide bonds. The molecule has 0 aliphatic carbocycles. The number of urea groups is 1. The first kappa shape index (κ1) is 18.1. The van der Waals surface area contributed by atoms with Gasteiger partial charge in [-0.15, -0.1) is 13.2 Å². The SMILES string of the molecule is C=C.C=CC(=O)OOCC.NC(N)=O. The molecule has 0 aromatic carbocycles. The fourth-order valence-electron chi connectivity index (χ4n) is 0.151. The van der Waals surface area contributed by atoms with Gasteiger partial charge in [-0.05, 0) is 6.92 Å². The highest BCUT2D eigenvalue weighted by Gasteiger charge is 1.91. The van der Waals surface area contributed by atoms with Crippen molar-refractivity contribution in [3.63, 3.8) is 0 Å². The molecule has 0 bridgehead atoms. The summed E-state index contributed by atoms with van der Waals surface area (Å²) in [5, 5.41) is 0. The van der Waals surface area contributed by atoms with Crippen molar-refractivity contribution < 1.29 is 19.4 Å². The van der Waals surface area contributed by atoms with Crippen LogP contribution in [-0.4, -0.2) is 18.6 Å². The average Bonchev–Trinajstić information content (AvgIpc) is 2.16. The van der Waals surface area contributed by atoms with Gasteiger partial charge in [0.1, 0.15) is 0 Å². The summed E-state index contributed by atoms with van der Waals surface area (Å²) in [6, 6.07) is -0.833. The summed E-state index contributed by atoms with van der Waals surface area (Å²) in [4.78, 5) is 27.5. The maximum Gasteiger partial charge on any atom is 0.365 e. The first-order chi connectivity index (χ1) is 6.54. The van der Waals surface area contributed by atoms with Gasteiger partial charge in [0.2, 0.25) is 0 Å². The van der Waals surface area contributed by atoms with Crippen molar-refractivity contribution in [1.29, 1.82) is 0 Å². The Morgan fingerprint density at radius 1 is 1.36 bits per heavy atom. The van der Waals surface area contributed by atoms with Crippen molar-refractivity contribution in [2.75, 3.05) is 6.61 Å². The highest BCUT2D eigenvalue weighted by molar-refractivity contribution is 5.80. The largest absolute Gasteiger partial charge is 0.365 e. The Morgan fingerprint density at radius 2 is 1.71 bits per heavy atom. The molecule has 6 heteroatoms. The quantitative estimate of drug-likeness (QED) is 0.302. The van der Waals surface area contributed by atoms with Crippen LogP contribution in [0.4, 0.5) is 4.79 Å². The molecule has 6 nitrogen and oxygen atoms in total. The summed E-state index contributed by atoms with van der Waals surface area (Å²) in [6.07, 6.45) is 1.04. The van der Waals surface area contributed by atoms with Crippen LogP contribution in [0.25, 0.3) is 0 Å². The molecule has 0 aromatic rings. The van der Waals surface area contributed by atoms with E-state index in [-0.39, 0.29) is 0 Å². The number of carbonyl (C=O) groups excluding carboxylic acids is 2. The summed E-state index contributed by atoms with van der Waals surface area (Å²) in [7, 11) is 0.